The highest BCUT2D eigenvalue weighted by atomic mass is 35.5. The number of carbonyl (C=O) groups excluding carboxylic acids is 1. The standard InChI is InChI=1S/C18H12Cl2N2O3/c19-14-3-1-11(8-15(14)20)7-12(10-21)18(23)22-13-2-4-16-17(9-13)25-6-5-24-16/h1-4,7-9H,5-6H2,(H,22,23)/b12-7+. The van der Waals surface area contributed by atoms with E-state index < -0.39 is 5.91 Å². The lowest BCUT2D eigenvalue weighted by Crippen LogP contribution is -2.17. The van der Waals surface area contributed by atoms with E-state index in [1.807, 2.05) is 6.07 Å². The van der Waals surface area contributed by atoms with Gasteiger partial charge in [-0.1, -0.05) is 29.3 Å². The van der Waals surface area contributed by atoms with Crippen molar-refractivity contribution in [1.29, 1.82) is 5.26 Å². The van der Waals surface area contributed by atoms with Crippen LogP contribution in [0.1, 0.15) is 5.56 Å². The van der Waals surface area contributed by atoms with Crippen molar-refractivity contribution in [2.75, 3.05) is 18.5 Å². The van der Waals surface area contributed by atoms with Crippen LogP contribution in [-0.4, -0.2) is 19.1 Å². The van der Waals surface area contributed by atoms with Crippen LogP contribution in [0.2, 0.25) is 10.0 Å². The highest BCUT2D eigenvalue weighted by Gasteiger charge is 2.14. The molecule has 25 heavy (non-hydrogen) atoms. The summed E-state index contributed by atoms with van der Waals surface area (Å²) in [5.41, 5.74) is 1.04. The van der Waals surface area contributed by atoms with Crippen molar-refractivity contribution < 1.29 is 14.3 Å². The van der Waals surface area contributed by atoms with Crippen molar-refractivity contribution >= 4 is 40.9 Å². The lowest BCUT2D eigenvalue weighted by atomic mass is 10.1. The van der Waals surface area contributed by atoms with E-state index in [0.29, 0.717) is 46.0 Å². The maximum absolute atomic E-state index is 12.3. The molecule has 3 rings (SSSR count). The second-order valence-corrected chi connectivity index (χ2v) is 5.97. The number of benzene rings is 2. The number of rotatable bonds is 3. The summed E-state index contributed by atoms with van der Waals surface area (Å²) in [5, 5.41) is 12.7. The van der Waals surface area contributed by atoms with Crippen molar-refractivity contribution in [3.8, 4) is 17.6 Å². The Hall–Kier alpha value is -2.68. The van der Waals surface area contributed by atoms with Gasteiger partial charge in [0, 0.05) is 11.8 Å². The van der Waals surface area contributed by atoms with Crippen molar-refractivity contribution in [2.45, 2.75) is 0 Å². The molecule has 0 radical (unpaired) electrons. The number of hydrogen-bond donors (Lipinski definition) is 1. The van der Waals surface area contributed by atoms with Gasteiger partial charge in [0.1, 0.15) is 24.9 Å². The summed E-state index contributed by atoms with van der Waals surface area (Å²) < 4.78 is 10.9. The van der Waals surface area contributed by atoms with Gasteiger partial charge in [-0.3, -0.25) is 4.79 Å². The summed E-state index contributed by atoms with van der Waals surface area (Å²) >= 11 is 11.8. The second kappa shape index (κ2) is 7.47. The molecule has 0 saturated carbocycles. The van der Waals surface area contributed by atoms with E-state index >= 15 is 0 Å². The van der Waals surface area contributed by atoms with Crippen molar-refractivity contribution in [1.82, 2.24) is 0 Å². The number of carbonyl (C=O) groups is 1. The van der Waals surface area contributed by atoms with Crippen molar-refractivity contribution in [3.63, 3.8) is 0 Å². The van der Waals surface area contributed by atoms with Gasteiger partial charge in [0.25, 0.3) is 5.91 Å². The third kappa shape index (κ3) is 4.05. The van der Waals surface area contributed by atoms with Gasteiger partial charge in [0.2, 0.25) is 0 Å². The van der Waals surface area contributed by atoms with Crippen LogP contribution < -0.4 is 14.8 Å². The first-order valence-electron chi connectivity index (χ1n) is 7.34. The molecule has 0 atom stereocenters. The molecule has 0 unspecified atom stereocenters. The molecule has 126 valence electrons. The van der Waals surface area contributed by atoms with Gasteiger partial charge < -0.3 is 14.8 Å². The molecule has 2 aromatic carbocycles. The number of amides is 1. The van der Waals surface area contributed by atoms with Crippen LogP contribution >= 0.6 is 23.2 Å². The zero-order valence-corrected chi connectivity index (χ0v) is 14.4. The first-order valence-corrected chi connectivity index (χ1v) is 8.10. The van der Waals surface area contributed by atoms with E-state index in [2.05, 4.69) is 5.32 Å². The maximum Gasteiger partial charge on any atom is 0.266 e. The monoisotopic (exact) mass is 374 g/mol. The van der Waals surface area contributed by atoms with Crippen LogP contribution in [-0.2, 0) is 4.79 Å². The first kappa shape index (κ1) is 17.2. The molecule has 0 spiro atoms. The number of hydrogen-bond acceptors (Lipinski definition) is 4. The van der Waals surface area contributed by atoms with Crippen molar-refractivity contribution in [2.24, 2.45) is 0 Å². The Bertz CT molecular complexity index is 904. The van der Waals surface area contributed by atoms with E-state index in [9.17, 15) is 10.1 Å². The normalized spacial score (nSPS) is 13.1. The molecule has 1 N–H and O–H groups in total. The summed E-state index contributed by atoms with van der Waals surface area (Å²) in [5.74, 6) is 0.636. The third-order valence-electron chi connectivity index (χ3n) is 3.42. The van der Waals surface area contributed by atoms with Crippen molar-refractivity contribution in [3.05, 3.63) is 57.6 Å². The predicted octanol–water partition coefficient (Wildman–Crippen LogP) is 4.31. The van der Waals surface area contributed by atoms with Crippen LogP contribution in [0.4, 0.5) is 5.69 Å². The smallest absolute Gasteiger partial charge is 0.266 e. The fraction of sp³-hybridized carbons (Fsp3) is 0.111. The van der Waals surface area contributed by atoms with E-state index in [1.165, 1.54) is 6.08 Å². The number of fused-ring (bicyclic) bond motifs is 1. The topological polar surface area (TPSA) is 71.4 Å². The summed E-state index contributed by atoms with van der Waals surface area (Å²) in [4.78, 5) is 12.3. The SMILES string of the molecule is N#C/C(=C\c1ccc(Cl)c(Cl)c1)C(=O)Nc1ccc2c(c1)OCCO2. The number of halogens is 2. The fourth-order valence-electron chi connectivity index (χ4n) is 2.24. The molecule has 5 nitrogen and oxygen atoms in total. The van der Waals surface area contributed by atoms with Gasteiger partial charge in [-0.25, -0.2) is 0 Å². The van der Waals surface area contributed by atoms with Crippen LogP contribution in [0.5, 0.6) is 11.5 Å². The quantitative estimate of drug-likeness (QED) is 0.641. The highest BCUT2D eigenvalue weighted by Crippen LogP contribution is 2.32. The Morgan fingerprint density at radius 1 is 1.08 bits per heavy atom. The number of anilines is 1. The first-order chi connectivity index (χ1) is 12.1. The molecule has 1 aliphatic heterocycles. The molecule has 1 amide bonds. The molecule has 0 bridgehead atoms. The molecule has 0 fully saturated rings. The van der Waals surface area contributed by atoms with Crippen LogP contribution in [0.25, 0.3) is 6.08 Å². The Morgan fingerprint density at radius 3 is 2.56 bits per heavy atom. The summed E-state index contributed by atoms with van der Waals surface area (Å²) in [7, 11) is 0. The van der Waals surface area contributed by atoms with Gasteiger partial charge >= 0.3 is 0 Å². The fourth-order valence-corrected chi connectivity index (χ4v) is 2.54. The zero-order chi connectivity index (χ0) is 17.8. The van der Waals surface area contributed by atoms with Gasteiger partial charge in [-0.2, -0.15) is 5.26 Å². The Morgan fingerprint density at radius 2 is 1.84 bits per heavy atom. The minimum absolute atomic E-state index is 0.0618. The minimum Gasteiger partial charge on any atom is -0.486 e. The molecule has 1 aliphatic rings. The molecule has 0 aliphatic carbocycles. The molecule has 1 heterocycles. The van der Waals surface area contributed by atoms with Crippen LogP contribution in [0.3, 0.4) is 0 Å². The summed E-state index contributed by atoms with van der Waals surface area (Å²) in [6.45, 7) is 0.939. The third-order valence-corrected chi connectivity index (χ3v) is 4.16. The van der Waals surface area contributed by atoms with E-state index in [-0.39, 0.29) is 5.57 Å². The lowest BCUT2D eigenvalue weighted by Gasteiger charge is -2.18. The second-order valence-electron chi connectivity index (χ2n) is 5.16. The molecule has 7 heteroatoms. The molecule has 0 saturated heterocycles. The highest BCUT2D eigenvalue weighted by molar-refractivity contribution is 6.42. The number of nitrogens with one attached hydrogen (secondary N) is 1. The number of ether oxygens (including phenoxy) is 2. The minimum atomic E-state index is -0.537. The van der Waals surface area contributed by atoms with Gasteiger partial charge in [0.15, 0.2) is 11.5 Å². The number of nitrogens with zero attached hydrogens (tertiary/aromatic N) is 1. The van der Waals surface area contributed by atoms with Crippen LogP contribution in [0.15, 0.2) is 42.0 Å². The summed E-state index contributed by atoms with van der Waals surface area (Å²) in [6.07, 6.45) is 1.44. The van der Waals surface area contributed by atoms with E-state index in [4.69, 9.17) is 32.7 Å². The Balaban J connectivity index is 1.79. The molecular weight excluding hydrogens is 363 g/mol. The lowest BCUT2D eigenvalue weighted by molar-refractivity contribution is -0.112. The van der Waals surface area contributed by atoms with Gasteiger partial charge in [-0.05, 0) is 35.9 Å². The van der Waals surface area contributed by atoms with Gasteiger partial charge in [-0.15, -0.1) is 0 Å². The van der Waals surface area contributed by atoms with Crippen LogP contribution in [0, 0.1) is 11.3 Å². The molecular formula is C18H12Cl2N2O3. The zero-order valence-electron chi connectivity index (χ0n) is 12.9. The Kier molecular flexibility index (Phi) is 5.13. The largest absolute Gasteiger partial charge is 0.486 e. The van der Waals surface area contributed by atoms with E-state index in [1.54, 1.807) is 36.4 Å². The van der Waals surface area contributed by atoms with E-state index in [0.717, 1.165) is 0 Å². The number of nitriles is 1. The molecule has 2 aromatic rings. The average molecular weight is 375 g/mol. The predicted molar refractivity (Wildman–Crippen MR) is 96.1 cm³/mol. The maximum atomic E-state index is 12.3. The molecule has 0 aromatic heterocycles. The Labute approximate surface area is 154 Å². The van der Waals surface area contributed by atoms with Gasteiger partial charge in [0.05, 0.1) is 10.0 Å². The summed E-state index contributed by atoms with van der Waals surface area (Å²) in [6, 6.07) is 11.8. The average Bonchev–Trinajstić information content (AvgIpc) is 2.62.